The smallest absolute Gasteiger partial charge is 0.339 e. The molecule has 8 nitrogen and oxygen atoms in total. The van der Waals surface area contributed by atoms with Gasteiger partial charge in [0.1, 0.15) is 0 Å². The molecule has 2 N–H and O–H groups in total. The highest BCUT2D eigenvalue weighted by Gasteiger charge is 2.13. The second-order valence-corrected chi connectivity index (χ2v) is 6.33. The van der Waals surface area contributed by atoms with Crippen molar-refractivity contribution < 1.29 is 19.1 Å². The number of nitrogens with one attached hydrogen (secondary N) is 2. The normalized spacial score (nSPS) is 14.3. The summed E-state index contributed by atoms with van der Waals surface area (Å²) in [4.78, 5) is 30.7. The minimum atomic E-state index is -0.437. The molecule has 0 atom stereocenters. The molecule has 0 spiro atoms. The number of amides is 1. The molecule has 1 fully saturated rings. The Morgan fingerprint density at radius 1 is 1.21 bits per heavy atom. The second-order valence-electron chi connectivity index (χ2n) is 6.33. The summed E-state index contributed by atoms with van der Waals surface area (Å²) in [5.41, 5.74) is 2.05. The first-order valence-electron chi connectivity index (χ1n) is 9.15. The van der Waals surface area contributed by atoms with Gasteiger partial charge in [-0.25, -0.2) is 4.79 Å². The summed E-state index contributed by atoms with van der Waals surface area (Å²) in [5.74, 6) is -0.626. The Labute approximate surface area is 163 Å². The monoisotopic (exact) mass is 384 g/mol. The first kappa shape index (κ1) is 19.8. The molecule has 1 amide bonds. The maximum atomic E-state index is 12.4. The number of carbonyl (C=O) groups is 2. The van der Waals surface area contributed by atoms with E-state index >= 15 is 0 Å². The third kappa shape index (κ3) is 5.28. The maximum Gasteiger partial charge on any atom is 0.339 e. The molecule has 0 saturated carbocycles. The summed E-state index contributed by atoms with van der Waals surface area (Å²) in [7, 11) is 1.34. The predicted molar refractivity (Wildman–Crippen MR) is 105 cm³/mol. The molecule has 1 aliphatic heterocycles. The number of rotatable bonds is 7. The van der Waals surface area contributed by atoms with Crippen molar-refractivity contribution in [3.63, 3.8) is 0 Å². The Kier molecular flexibility index (Phi) is 6.94. The molecule has 2 heterocycles. The number of hydrogen-bond acceptors (Lipinski definition) is 7. The van der Waals surface area contributed by atoms with Gasteiger partial charge in [-0.1, -0.05) is 12.1 Å². The molecular formula is C20H24N4O4. The molecule has 0 unspecified atom stereocenters. The summed E-state index contributed by atoms with van der Waals surface area (Å²) < 4.78 is 10.1. The molecule has 1 aromatic heterocycles. The summed E-state index contributed by atoms with van der Waals surface area (Å²) in [5, 5.41) is 6.04. The number of pyridine rings is 1. The van der Waals surface area contributed by atoms with Crippen molar-refractivity contribution in [2.75, 3.05) is 51.8 Å². The van der Waals surface area contributed by atoms with Crippen molar-refractivity contribution in [1.82, 2.24) is 15.2 Å². The molecule has 0 aliphatic carbocycles. The first-order chi connectivity index (χ1) is 13.7. The highest BCUT2D eigenvalue weighted by Crippen LogP contribution is 2.21. The minimum absolute atomic E-state index is 0.189. The van der Waals surface area contributed by atoms with Gasteiger partial charge >= 0.3 is 5.97 Å². The largest absolute Gasteiger partial charge is 0.465 e. The Morgan fingerprint density at radius 3 is 2.79 bits per heavy atom. The summed E-state index contributed by atoms with van der Waals surface area (Å²) >= 11 is 0. The number of esters is 1. The third-order valence-corrected chi connectivity index (χ3v) is 4.43. The maximum absolute atomic E-state index is 12.4. The van der Waals surface area contributed by atoms with Gasteiger partial charge in [0.05, 0.1) is 49.0 Å². The van der Waals surface area contributed by atoms with E-state index in [4.69, 9.17) is 9.47 Å². The number of ether oxygens (including phenoxy) is 2. The van der Waals surface area contributed by atoms with Gasteiger partial charge < -0.3 is 20.1 Å². The van der Waals surface area contributed by atoms with Gasteiger partial charge in [0.25, 0.3) is 5.91 Å². The molecule has 28 heavy (non-hydrogen) atoms. The average Bonchev–Trinajstić information content (AvgIpc) is 2.74. The van der Waals surface area contributed by atoms with Crippen LogP contribution >= 0.6 is 0 Å². The van der Waals surface area contributed by atoms with Crippen LogP contribution in [0.5, 0.6) is 0 Å². The number of anilines is 2. The highest BCUT2D eigenvalue weighted by atomic mass is 16.5. The molecule has 3 rings (SSSR count). The van der Waals surface area contributed by atoms with E-state index < -0.39 is 5.97 Å². The van der Waals surface area contributed by atoms with Crippen LogP contribution in [0.15, 0.2) is 42.7 Å². The van der Waals surface area contributed by atoms with E-state index in [1.807, 2.05) is 6.07 Å². The lowest BCUT2D eigenvalue weighted by molar-refractivity contribution is 0.0383. The highest BCUT2D eigenvalue weighted by molar-refractivity contribution is 5.97. The number of benzene rings is 1. The van der Waals surface area contributed by atoms with Crippen molar-refractivity contribution in [3.05, 3.63) is 53.9 Å². The molecule has 0 radical (unpaired) electrons. The lowest BCUT2D eigenvalue weighted by atomic mass is 10.1. The first-order valence-corrected chi connectivity index (χ1v) is 9.15. The van der Waals surface area contributed by atoms with Crippen LogP contribution < -0.4 is 10.6 Å². The van der Waals surface area contributed by atoms with Crippen LogP contribution in [0, 0.1) is 0 Å². The van der Waals surface area contributed by atoms with Gasteiger partial charge in [0, 0.05) is 32.4 Å². The fourth-order valence-electron chi connectivity index (χ4n) is 2.92. The fourth-order valence-corrected chi connectivity index (χ4v) is 2.92. The number of nitrogens with zero attached hydrogens (tertiary/aromatic N) is 2. The van der Waals surface area contributed by atoms with Crippen LogP contribution in [-0.4, -0.2) is 68.3 Å². The van der Waals surface area contributed by atoms with Crippen LogP contribution in [0.1, 0.15) is 20.7 Å². The van der Waals surface area contributed by atoms with E-state index in [9.17, 15) is 9.59 Å². The fraction of sp³-hybridized carbons (Fsp3) is 0.350. The molecule has 8 heteroatoms. The standard InChI is InChI=1S/C20H24N4O4/c1-27-20(26)17-4-2-3-5-18(17)23-16-12-15(13-21-14-16)19(25)22-6-7-24-8-10-28-11-9-24/h2-5,12-14,23H,6-11H2,1H3,(H,22,25). The zero-order valence-corrected chi connectivity index (χ0v) is 15.8. The lowest BCUT2D eigenvalue weighted by Crippen LogP contribution is -2.41. The molecule has 1 aromatic carbocycles. The van der Waals surface area contributed by atoms with Gasteiger partial charge in [-0.15, -0.1) is 0 Å². The Hall–Kier alpha value is -2.97. The predicted octanol–water partition coefficient (Wildman–Crippen LogP) is 1.67. The van der Waals surface area contributed by atoms with Crippen molar-refractivity contribution in [2.24, 2.45) is 0 Å². The molecule has 2 aromatic rings. The molecule has 1 saturated heterocycles. The van der Waals surface area contributed by atoms with E-state index in [0.29, 0.717) is 29.0 Å². The van der Waals surface area contributed by atoms with Crippen LogP contribution in [0.25, 0.3) is 0 Å². The van der Waals surface area contributed by atoms with E-state index in [2.05, 4.69) is 20.5 Å². The van der Waals surface area contributed by atoms with E-state index in [1.54, 1.807) is 30.5 Å². The lowest BCUT2D eigenvalue weighted by Gasteiger charge is -2.26. The zero-order chi connectivity index (χ0) is 19.8. The summed E-state index contributed by atoms with van der Waals surface area (Å²) in [6, 6.07) is 8.70. The van der Waals surface area contributed by atoms with Crippen LogP contribution in [-0.2, 0) is 9.47 Å². The van der Waals surface area contributed by atoms with Crippen LogP contribution in [0.4, 0.5) is 11.4 Å². The summed E-state index contributed by atoms with van der Waals surface area (Å²) in [6.45, 7) is 4.58. The Balaban J connectivity index is 1.61. The number of aromatic nitrogens is 1. The van der Waals surface area contributed by atoms with Crippen molar-refractivity contribution in [2.45, 2.75) is 0 Å². The van der Waals surface area contributed by atoms with E-state index in [-0.39, 0.29) is 5.91 Å². The van der Waals surface area contributed by atoms with Crippen molar-refractivity contribution >= 4 is 23.3 Å². The molecule has 148 valence electrons. The van der Waals surface area contributed by atoms with Crippen molar-refractivity contribution in [3.8, 4) is 0 Å². The number of para-hydroxylation sites is 1. The van der Waals surface area contributed by atoms with Crippen LogP contribution in [0.2, 0.25) is 0 Å². The van der Waals surface area contributed by atoms with E-state index in [0.717, 1.165) is 32.8 Å². The van der Waals surface area contributed by atoms with Gasteiger partial charge in [0.2, 0.25) is 0 Å². The third-order valence-electron chi connectivity index (χ3n) is 4.43. The number of morpholine rings is 1. The molecular weight excluding hydrogens is 360 g/mol. The minimum Gasteiger partial charge on any atom is -0.465 e. The Morgan fingerprint density at radius 2 is 2.00 bits per heavy atom. The zero-order valence-electron chi connectivity index (χ0n) is 15.8. The number of methoxy groups -OCH3 is 1. The van der Waals surface area contributed by atoms with Crippen LogP contribution in [0.3, 0.4) is 0 Å². The number of hydrogen-bond donors (Lipinski definition) is 2. The van der Waals surface area contributed by atoms with Gasteiger partial charge in [-0.2, -0.15) is 0 Å². The van der Waals surface area contributed by atoms with E-state index in [1.165, 1.54) is 13.3 Å². The van der Waals surface area contributed by atoms with Gasteiger partial charge in [-0.05, 0) is 18.2 Å². The Bertz CT molecular complexity index is 821. The second kappa shape index (κ2) is 9.82. The molecule has 1 aliphatic rings. The number of carbonyl (C=O) groups excluding carboxylic acids is 2. The van der Waals surface area contributed by atoms with Gasteiger partial charge in [0.15, 0.2) is 0 Å². The van der Waals surface area contributed by atoms with Crippen molar-refractivity contribution in [1.29, 1.82) is 0 Å². The quantitative estimate of drug-likeness (QED) is 0.702. The van der Waals surface area contributed by atoms with Gasteiger partial charge in [-0.3, -0.25) is 14.7 Å². The average molecular weight is 384 g/mol. The molecule has 0 bridgehead atoms. The SMILES string of the molecule is COC(=O)c1ccccc1Nc1cncc(C(=O)NCCN2CCOCC2)c1. The topological polar surface area (TPSA) is 92.8 Å². The summed E-state index contributed by atoms with van der Waals surface area (Å²) in [6.07, 6.45) is 3.11.